The number of carbonyl (C=O) groups is 1. The van der Waals surface area contributed by atoms with Gasteiger partial charge in [0.15, 0.2) is 6.10 Å². The average Bonchev–Trinajstić information content (AvgIpc) is 2.42. The Kier molecular flexibility index (Phi) is 4.08. The maximum atomic E-state index is 11.0. The first kappa shape index (κ1) is 14.8. The fourth-order valence-corrected chi connectivity index (χ4v) is 1.80. The Hall–Kier alpha value is -2.61. The van der Waals surface area contributed by atoms with Crippen molar-refractivity contribution in [3.05, 3.63) is 36.3 Å². The van der Waals surface area contributed by atoms with Crippen molar-refractivity contribution in [3.63, 3.8) is 0 Å². The number of hydrogen-bond acceptors (Lipinski definition) is 4. The fraction of sp³-hybridized carbons (Fsp3) is 0.312. The number of para-hydroxylation sites is 1. The number of amides is 1. The summed E-state index contributed by atoms with van der Waals surface area (Å²) in [5, 5.41) is 0.910. The second-order valence-corrected chi connectivity index (χ2v) is 5.72. The van der Waals surface area contributed by atoms with Crippen LogP contribution in [0, 0.1) is 17.3 Å². The number of ether oxygens (including phenoxy) is 1. The summed E-state index contributed by atoms with van der Waals surface area (Å²) in [7, 11) is 0. The number of nitrogens with two attached hydrogens (primary N) is 1. The highest BCUT2D eigenvalue weighted by Crippen LogP contribution is 2.22. The molecule has 2 aromatic rings. The predicted molar refractivity (Wildman–Crippen MR) is 80.3 cm³/mol. The van der Waals surface area contributed by atoms with Crippen molar-refractivity contribution < 1.29 is 9.53 Å². The topological polar surface area (TPSA) is 78.1 Å². The van der Waals surface area contributed by atoms with E-state index in [9.17, 15) is 4.79 Å². The zero-order valence-corrected chi connectivity index (χ0v) is 12.3. The molecule has 21 heavy (non-hydrogen) atoms. The number of carbonyl (C=O) groups excluding carboxylic acids is 1. The molecule has 1 heterocycles. The number of hydrogen-bond donors (Lipinski definition) is 1. The molecule has 0 saturated carbocycles. The number of aromatic nitrogens is 2. The fourth-order valence-electron chi connectivity index (χ4n) is 1.80. The average molecular weight is 283 g/mol. The molecule has 0 aliphatic rings. The smallest absolute Gasteiger partial charge is 0.405 e. The number of benzene rings is 1. The molecule has 0 fully saturated rings. The Morgan fingerprint density at radius 2 is 2.14 bits per heavy atom. The van der Waals surface area contributed by atoms with Crippen molar-refractivity contribution in [1.82, 2.24) is 9.97 Å². The van der Waals surface area contributed by atoms with E-state index in [0.29, 0.717) is 0 Å². The lowest BCUT2D eigenvalue weighted by molar-refractivity contribution is 0.0740. The van der Waals surface area contributed by atoms with E-state index in [4.69, 9.17) is 10.5 Å². The molecule has 5 heteroatoms. The monoisotopic (exact) mass is 283 g/mol. The molecule has 1 amide bonds. The second kappa shape index (κ2) is 5.80. The van der Waals surface area contributed by atoms with Crippen LogP contribution in [0.1, 0.15) is 26.3 Å². The molecule has 1 unspecified atom stereocenters. The van der Waals surface area contributed by atoms with Gasteiger partial charge in [0.2, 0.25) is 0 Å². The number of rotatable bonds is 1. The van der Waals surface area contributed by atoms with Gasteiger partial charge in [-0.3, -0.25) is 0 Å². The van der Waals surface area contributed by atoms with E-state index in [1.165, 1.54) is 6.33 Å². The Bertz CT molecular complexity index is 718. The van der Waals surface area contributed by atoms with Crippen molar-refractivity contribution in [1.29, 1.82) is 0 Å². The number of primary amides is 1. The molecule has 1 atom stereocenters. The molecule has 0 saturated heterocycles. The minimum absolute atomic E-state index is 0.332. The van der Waals surface area contributed by atoms with E-state index in [1.54, 1.807) is 6.20 Å². The van der Waals surface area contributed by atoms with E-state index in [1.807, 2.05) is 39.0 Å². The first-order valence-electron chi connectivity index (χ1n) is 6.54. The van der Waals surface area contributed by atoms with Crippen LogP contribution in [0.3, 0.4) is 0 Å². The van der Waals surface area contributed by atoms with Crippen LogP contribution in [0.15, 0.2) is 30.7 Å². The molecule has 2 N–H and O–H groups in total. The summed E-state index contributed by atoms with van der Waals surface area (Å²) in [6.07, 6.45) is 1.79. The maximum Gasteiger partial charge on any atom is 0.405 e. The molecule has 0 spiro atoms. The molecule has 108 valence electrons. The molecular formula is C16H17N3O2. The van der Waals surface area contributed by atoms with Crippen LogP contribution in [0.2, 0.25) is 0 Å². The van der Waals surface area contributed by atoms with Gasteiger partial charge >= 0.3 is 6.09 Å². The van der Waals surface area contributed by atoms with Gasteiger partial charge in [-0.2, -0.15) is 0 Å². The van der Waals surface area contributed by atoms with E-state index in [-0.39, 0.29) is 5.41 Å². The van der Waals surface area contributed by atoms with E-state index in [0.717, 1.165) is 16.5 Å². The van der Waals surface area contributed by atoms with Gasteiger partial charge in [-0.1, -0.05) is 44.7 Å². The zero-order chi connectivity index (χ0) is 15.5. The maximum absolute atomic E-state index is 11.0. The molecule has 2 rings (SSSR count). The Morgan fingerprint density at radius 1 is 1.38 bits per heavy atom. The van der Waals surface area contributed by atoms with Gasteiger partial charge < -0.3 is 10.5 Å². The molecule has 0 aliphatic heterocycles. The van der Waals surface area contributed by atoms with Crippen LogP contribution in [0.25, 0.3) is 10.9 Å². The first-order valence-corrected chi connectivity index (χ1v) is 6.54. The molecule has 5 nitrogen and oxygen atoms in total. The van der Waals surface area contributed by atoms with E-state index < -0.39 is 12.2 Å². The van der Waals surface area contributed by atoms with Crippen LogP contribution >= 0.6 is 0 Å². The summed E-state index contributed by atoms with van der Waals surface area (Å²) < 4.78 is 5.08. The van der Waals surface area contributed by atoms with Gasteiger partial charge in [-0.25, -0.2) is 14.8 Å². The molecule has 0 radical (unpaired) electrons. The minimum Gasteiger partial charge on any atom is -0.433 e. The van der Waals surface area contributed by atoms with Crippen molar-refractivity contribution in [2.45, 2.75) is 26.9 Å². The SMILES string of the molecule is CC(C)(C)C(C#Cc1cccc2cncnc12)OC(N)=O. The van der Waals surface area contributed by atoms with Gasteiger partial charge in [0.1, 0.15) is 6.33 Å². The third-order valence-corrected chi connectivity index (χ3v) is 2.89. The van der Waals surface area contributed by atoms with E-state index >= 15 is 0 Å². The lowest BCUT2D eigenvalue weighted by atomic mass is 9.89. The summed E-state index contributed by atoms with van der Waals surface area (Å²) in [4.78, 5) is 19.2. The Labute approximate surface area is 123 Å². The van der Waals surface area contributed by atoms with Crippen LogP contribution in [0.4, 0.5) is 4.79 Å². The van der Waals surface area contributed by atoms with Crippen LogP contribution in [0.5, 0.6) is 0 Å². The van der Waals surface area contributed by atoms with Crippen LogP contribution in [-0.2, 0) is 4.74 Å². The minimum atomic E-state index is -0.829. The normalized spacial score (nSPS) is 12.3. The van der Waals surface area contributed by atoms with Crippen LogP contribution in [-0.4, -0.2) is 22.2 Å². The number of fused-ring (bicyclic) bond motifs is 1. The molecule has 0 bridgehead atoms. The highest BCUT2D eigenvalue weighted by Gasteiger charge is 2.25. The van der Waals surface area contributed by atoms with Gasteiger partial charge in [0.05, 0.1) is 11.1 Å². The van der Waals surface area contributed by atoms with Gasteiger partial charge in [-0.05, 0) is 6.07 Å². The summed E-state index contributed by atoms with van der Waals surface area (Å²) >= 11 is 0. The summed E-state index contributed by atoms with van der Waals surface area (Å²) in [5.74, 6) is 5.99. The van der Waals surface area contributed by atoms with E-state index in [2.05, 4.69) is 21.8 Å². The Balaban J connectivity index is 2.41. The Morgan fingerprint density at radius 3 is 2.81 bits per heavy atom. The first-order chi connectivity index (χ1) is 9.88. The predicted octanol–water partition coefficient (Wildman–Crippen LogP) is 2.49. The summed E-state index contributed by atoms with van der Waals surface area (Å²) in [6, 6.07) is 5.67. The third-order valence-electron chi connectivity index (χ3n) is 2.89. The largest absolute Gasteiger partial charge is 0.433 e. The quantitative estimate of drug-likeness (QED) is 0.816. The zero-order valence-electron chi connectivity index (χ0n) is 12.3. The standard InChI is InChI=1S/C16H17N3O2/c1-16(2,3)13(21-15(17)20)8-7-11-5-4-6-12-9-18-10-19-14(11)12/h4-6,9-10,13H,1-3H3,(H2,17,20). The van der Waals surface area contributed by atoms with Crippen LogP contribution < -0.4 is 5.73 Å². The van der Waals surface area contributed by atoms with Gasteiger partial charge in [-0.15, -0.1) is 0 Å². The number of nitrogens with zero attached hydrogens (tertiary/aromatic N) is 2. The molecular weight excluding hydrogens is 266 g/mol. The lowest BCUT2D eigenvalue weighted by Crippen LogP contribution is -2.32. The lowest BCUT2D eigenvalue weighted by Gasteiger charge is -2.24. The van der Waals surface area contributed by atoms with Gasteiger partial charge in [0, 0.05) is 17.0 Å². The van der Waals surface area contributed by atoms with Crippen molar-refractivity contribution in [2.75, 3.05) is 0 Å². The van der Waals surface area contributed by atoms with Gasteiger partial charge in [0.25, 0.3) is 0 Å². The third kappa shape index (κ3) is 3.69. The summed E-state index contributed by atoms with van der Waals surface area (Å²) in [6.45, 7) is 5.79. The van der Waals surface area contributed by atoms with Crippen molar-refractivity contribution in [3.8, 4) is 11.8 Å². The second-order valence-electron chi connectivity index (χ2n) is 5.72. The molecule has 1 aromatic heterocycles. The molecule has 0 aliphatic carbocycles. The highest BCUT2D eigenvalue weighted by atomic mass is 16.6. The highest BCUT2D eigenvalue weighted by molar-refractivity contribution is 5.83. The molecule has 1 aromatic carbocycles. The summed E-state index contributed by atoms with van der Waals surface area (Å²) in [5.41, 5.74) is 6.30. The van der Waals surface area contributed by atoms with Crippen molar-refractivity contribution >= 4 is 17.0 Å². The van der Waals surface area contributed by atoms with Crippen molar-refractivity contribution in [2.24, 2.45) is 11.1 Å².